The number of hydrogen-bond acceptors (Lipinski definition) is 8. The molecule has 0 saturated heterocycles. The summed E-state index contributed by atoms with van der Waals surface area (Å²) in [5.74, 6) is -0.189. The molecule has 10 nitrogen and oxygen atoms in total. The molecule has 1 amide bonds. The van der Waals surface area contributed by atoms with E-state index in [2.05, 4.69) is 4.98 Å². The van der Waals surface area contributed by atoms with Crippen molar-refractivity contribution in [3.63, 3.8) is 0 Å². The average molecular weight is 601 g/mol. The van der Waals surface area contributed by atoms with Crippen LogP contribution in [0.2, 0.25) is 5.02 Å². The van der Waals surface area contributed by atoms with Gasteiger partial charge in [0.25, 0.3) is 5.91 Å². The van der Waals surface area contributed by atoms with Crippen molar-refractivity contribution < 1.29 is 41.3 Å². The van der Waals surface area contributed by atoms with Crippen LogP contribution in [0.3, 0.4) is 0 Å². The molecule has 0 saturated carbocycles. The van der Waals surface area contributed by atoms with Gasteiger partial charge >= 0.3 is 43.7 Å². The molecule has 0 fully saturated rings. The number of anilines is 1. The van der Waals surface area contributed by atoms with E-state index >= 15 is 0 Å². The number of amides is 1. The maximum Gasteiger partial charge on any atom is 2.00 e. The van der Waals surface area contributed by atoms with Crippen molar-refractivity contribution in [3.05, 3.63) is 70.4 Å². The molecule has 0 unspecified atom stereocenters. The Morgan fingerprint density at radius 3 is 2.60 bits per heavy atom. The van der Waals surface area contributed by atoms with Crippen LogP contribution in [0.15, 0.2) is 47.0 Å². The summed E-state index contributed by atoms with van der Waals surface area (Å²) in [6.07, 6.45) is -0.958. The summed E-state index contributed by atoms with van der Waals surface area (Å²) >= 11 is 6.44. The van der Waals surface area contributed by atoms with Crippen LogP contribution in [0.5, 0.6) is 11.5 Å². The van der Waals surface area contributed by atoms with Gasteiger partial charge in [-0.15, -0.1) is 0 Å². The van der Waals surface area contributed by atoms with Gasteiger partial charge in [0.05, 0.1) is 26.8 Å². The number of aromatic nitrogens is 1. The monoisotopic (exact) mass is 600 g/mol. The number of carboxylic acids is 1. The van der Waals surface area contributed by atoms with E-state index in [1.807, 2.05) is 19.9 Å². The molecule has 212 valence electrons. The van der Waals surface area contributed by atoms with Gasteiger partial charge in [0.1, 0.15) is 24.4 Å². The molecule has 2 atom stereocenters. The van der Waals surface area contributed by atoms with Gasteiger partial charge in [0, 0.05) is 40.4 Å². The first-order chi connectivity index (χ1) is 18.6. The summed E-state index contributed by atoms with van der Waals surface area (Å²) < 4.78 is 23.4. The first-order valence-corrected chi connectivity index (χ1v) is 12.7. The van der Waals surface area contributed by atoms with Crippen LogP contribution in [0.4, 0.5) is 5.69 Å². The molecule has 1 aliphatic rings. The summed E-state index contributed by atoms with van der Waals surface area (Å²) in [6.45, 7) is 3.74. The molecule has 0 aliphatic carbocycles. The second-order valence-corrected chi connectivity index (χ2v) is 10.5. The zero-order chi connectivity index (χ0) is 28.3. The predicted molar refractivity (Wildman–Crippen MR) is 150 cm³/mol. The number of hydrogen-bond donors (Lipinski definition) is 2. The van der Waals surface area contributed by atoms with Crippen LogP contribution in [0.1, 0.15) is 45.6 Å². The Morgan fingerprint density at radius 1 is 1.20 bits per heavy atom. The molecule has 40 heavy (non-hydrogen) atoms. The van der Waals surface area contributed by atoms with Gasteiger partial charge in [0.2, 0.25) is 0 Å². The molecular formula is C28H33CaClN2O8. The summed E-state index contributed by atoms with van der Waals surface area (Å²) in [5.41, 5.74) is 1.17. The van der Waals surface area contributed by atoms with E-state index in [4.69, 9.17) is 35.3 Å². The smallest absolute Gasteiger partial charge is 1.00 e. The van der Waals surface area contributed by atoms with Crippen LogP contribution in [-0.2, 0) is 27.2 Å². The number of oxazole rings is 1. The van der Waals surface area contributed by atoms with Gasteiger partial charge in [-0.2, -0.15) is 0 Å². The Morgan fingerprint density at radius 2 is 1.95 bits per heavy atom. The van der Waals surface area contributed by atoms with E-state index in [0.29, 0.717) is 33.3 Å². The van der Waals surface area contributed by atoms with Gasteiger partial charge < -0.3 is 36.6 Å². The van der Waals surface area contributed by atoms with Crippen LogP contribution < -0.4 is 14.4 Å². The van der Waals surface area contributed by atoms with Crippen molar-refractivity contribution >= 4 is 66.9 Å². The minimum absolute atomic E-state index is 0. The van der Waals surface area contributed by atoms with Crippen LogP contribution >= 0.6 is 11.6 Å². The number of methoxy groups -OCH3 is 2. The number of aliphatic hydroxyl groups is 1. The number of ether oxygens (including phenoxy) is 3. The van der Waals surface area contributed by atoms with E-state index in [0.717, 1.165) is 0 Å². The Kier molecular flexibility index (Phi) is 10.9. The quantitative estimate of drug-likeness (QED) is 0.333. The number of carbonyl (C=O) groups excluding carboxylic acids is 1. The van der Waals surface area contributed by atoms with E-state index in [1.54, 1.807) is 35.2 Å². The number of aliphatic carboxylic acids is 1. The normalized spacial score (nSPS) is 17.1. The summed E-state index contributed by atoms with van der Waals surface area (Å²) in [5, 5.41) is 19.6. The number of benzene rings is 2. The summed E-state index contributed by atoms with van der Waals surface area (Å²) in [7, 11) is 3.05. The second-order valence-electron chi connectivity index (χ2n) is 10.0. The zero-order valence-electron chi connectivity index (χ0n) is 24.8. The summed E-state index contributed by atoms with van der Waals surface area (Å²) in [6, 6.07) is 10.6. The number of carboxylic acid groups (broad SMARTS) is 1. The third-order valence-corrected chi connectivity index (χ3v) is 6.66. The molecule has 4 rings (SSSR count). The van der Waals surface area contributed by atoms with Crippen LogP contribution in [0.25, 0.3) is 0 Å². The van der Waals surface area contributed by atoms with Gasteiger partial charge in [-0.1, -0.05) is 37.6 Å². The number of halogens is 1. The number of fused-ring (bicyclic) bond motifs is 1. The van der Waals surface area contributed by atoms with Gasteiger partial charge in [-0.25, -0.2) is 4.98 Å². The molecule has 2 aromatic carbocycles. The number of nitrogens with zero attached hydrogens (tertiary/aromatic N) is 2. The number of aliphatic hydroxyl groups excluding tert-OH is 1. The van der Waals surface area contributed by atoms with Gasteiger partial charge in [-0.3, -0.25) is 9.59 Å². The van der Waals surface area contributed by atoms with E-state index in [9.17, 15) is 14.7 Å². The molecule has 0 radical (unpaired) electrons. The number of para-hydroxylation sites is 1. The first kappa shape index (κ1) is 32.2. The minimum Gasteiger partial charge on any atom is -1.00 e. The van der Waals surface area contributed by atoms with Crippen molar-refractivity contribution in [1.82, 2.24) is 4.98 Å². The maximum absolute atomic E-state index is 14.1. The van der Waals surface area contributed by atoms with Crippen molar-refractivity contribution in [3.8, 4) is 11.5 Å². The third-order valence-electron chi connectivity index (χ3n) is 6.42. The SMILES string of the molecule is COc1cccc([C@H]2O[C@H](Cc3ncc(CC(=O)O)o3)C(=O)N(CC(C)(C)CO)c3ccc(Cl)cc32)c1OC.[Ca+2].[H-].[H-]. The Bertz CT molecular complexity index is 1370. The molecule has 1 aliphatic heterocycles. The van der Waals surface area contributed by atoms with Crippen molar-refractivity contribution in [2.24, 2.45) is 5.41 Å². The Labute approximate surface area is 270 Å². The van der Waals surface area contributed by atoms with Crippen LogP contribution in [-0.4, -0.2) is 98.3 Å². The molecule has 12 heteroatoms. The molecule has 3 aromatic rings. The fourth-order valence-electron chi connectivity index (χ4n) is 4.54. The molecule has 0 spiro atoms. The number of rotatable bonds is 10. The Balaban J connectivity index is 0.00000294. The van der Waals surface area contributed by atoms with Crippen molar-refractivity contribution in [1.29, 1.82) is 0 Å². The average Bonchev–Trinajstić information content (AvgIpc) is 3.30. The standard InChI is InChI=1S/C28H31ClN2O8.Ca.2H/c1-28(2,15-32)14-31-20-9-8-16(29)10-19(20)25(18-6-5-7-21(36-3)26(18)37-4)39-22(27(31)35)12-23-30-13-17(38-23)11-24(33)34;;;/h5-10,13,22,25,32H,11-12,14-15H2,1-4H3,(H,33,34);;;/q;+2;2*-1/t22-,25-;;;/m1.../s1. The van der Waals surface area contributed by atoms with Crippen LogP contribution in [0, 0.1) is 5.41 Å². The fraction of sp³-hybridized carbons (Fsp3) is 0.393. The second kappa shape index (κ2) is 13.5. The van der Waals surface area contributed by atoms with Crippen molar-refractivity contribution in [2.45, 2.75) is 38.9 Å². The Hall–Kier alpha value is -2.34. The maximum atomic E-state index is 14.1. The molecule has 2 N–H and O–H groups in total. The van der Waals surface area contributed by atoms with E-state index in [-0.39, 0.29) is 84.1 Å². The minimum atomic E-state index is -1.08. The molecule has 1 aromatic heterocycles. The topological polar surface area (TPSA) is 132 Å². The molecule has 0 bridgehead atoms. The summed E-state index contributed by atoms with van der Waals surface area (Å²) in [4.78, 5) is 31.0. The molecular weight excluding hydrogens is 568 g/mol. The zero-order valence-corrected chi connectivity index (χ0v) is 25.8. The van der Waals surface area contributed by atoms with Gasteiger partial charge in [0.15, 0.2) is 17.4 Å². The first-order valence-electron chi connectivity index (χ1n) is 12.3. The largest absolute Gasteiger partial charge is 2.00 e. The predicted octanol–water partition coefficient (Wildman–Crippen LogP) is 3.90. The molecule has 2 heterocycles. The van der Waals surface area contributed by atoms with E-state index in [1.165, 1.54) is 20.4 Å². The third kappa shape index (κ3) is 7.10. The van der Waals surface area contributed by atoms with Crippen molar-refractivity contribution in [2.75, 3.05) is 32.3 Å². The number of carbonyl (C=O) groups is 2. The van der Waals surface area contributed by atoms with Gasteiger partial charge in [-0.05, 0) is 24.3 Å². The van der Waals surface area contributed by atoms with E-state index < -0.39 is 23.6 Å². The fourth-order valence-corrected chi connectivity index (χ4v) is 4.72.